The molecule has 2 aromatic rings. The van der Waals surface area contributed by atoms with E-state index in [1.807, 2.05) is 25.1 Å². The number of ether oxygens (including phenoxy) is 1. The standard InChI is InChI=1S/C21H28N4O2/c1-3-23-21(24-14-19(26)17-8-10-22-11-9-17)25-12-13-27-20(15-25)18-7-5-4-6-16(18)2/h4-11,19-20,26H,3,12-15H2,1-2H3,(H,23,24). The summed E-state index contributed by atoms with van der Waals surface area (Å²) in [7, 11) is 0. The molecule has 6 nitrogen and oxygen atoms in total. The van der Waals surface area contributed by atoms with Crippen LogP contribution in [-0.2, 0) is 4.74 Å². The minimum Gasteiger partial charge on any atom is -0.386 e. The van der Waals surface area contributed by atoms with Crippen LogP contribution >= 0.6 is 0 Å². The van der Waals surface area contributed by atoms with Gasteiger partial charge in [-0.05, 0) is 42.7 Å². The Hall–Kier alpha value is -2.44. The van der Waals surface area contributed by atoms with Gasteiger partial charge in [-0.15, -0.1) is 0 Å². The van der Waals surface area contributed by atoms with Gasteiger partial charge in [-0.2, -0.15) is 0 Å². The Morgan fingerprint density at radius 1 is 1.33 bits per heavy atom. The Bertz CT molecular complexity index is 751. The van der Waals surface area contributed by atoms with E-state index in [1.54, 1.807) is 12.4 Å². The van der Waals surface area contributed by atoms with Crippen LogP contribution in [0.25, 0.3) is 0 Å². The zero-order valence-corrected chi connectivity index (χ0v) is 16.0. The molecule has 2 atom stereocenters. The highest BCUT2D eigenvalue weighted by Crippen LogP contribution is 2.25. The van der Waals surface area contributed by atoms with Crippen molar-refractivity contribution in [2.75, 3.05) is 32.8 Å². The monoisotopic (exact) mass is 368 g/mol. The molecule has 1 fully saturated rings. The second-order valence-electron chi connectivity index (χ2n) is 6.65. The summed E-state index contributed by atoms with van der Waals surface area (Å²) in [6.07, 6.45) is 2.74. The van der Waals surface area contributed by atoms with Crippen LogP contribution in [0.1, 0.15) is 35.8 Å². The lowest BCUT2D eigenvalue weighted by Gasteiger charge is -2.36. The molecule has 2 heterocycles. The number of nitrogens with one attached hydrogen (secondary N) is 1. The fraction of sp³-hybridized carbons (Fsp3) is 0.429. The summed E-state index contributed by atoms with van der Waals surface area (Å²) in [6, 6.07) is 12.0. The number of benzene rings is 1. The van der Waals surface area contributed by atoms with Gasteiger partial charge in [0.25, 0.3) is 0 Å². The highest BCUT2D eigenvalue weighted by atomic mass is 16.5. The molecule has 144 valence electrons. The van der Waals surface area contributed by atoms with Crippen LogP contribution < -0.4 is 5.32 Å². The predicted octanol–water partition coefficient (Wildman–Crippen LogP) is 2.46. The highest BCUT2D eigenvalue weighted by Gasteiger charge is 2.25. The highest BCUT2D eigenvalue weighted by molar-refractivity contribution is 5.80. The SMILES string of the molecule is CCNC(=NCC(O)c1ccncc1)N1CCOC(c2ccccc2C)C1. The van der Waals surface area contributed by atoms with Crippen molar-refractivity contribution in [3.8, 4) is 0 Å². The Morgan fingerprint density at radius 2 is 2.11 bits per heavy atom. The van der Waals surface area contributed by atoms with Gasteiger partial charge in [0.2, 0.25) is 0 Å². The summed E-state index contributed by atoms with van der Waals surface area (Å²) in [5.74, 6) is 0.812. The maximum absolute atomic E-state index is 10.4. The number of aryl methyl sites for hydroxylation is 1. The smallest absolute Gasteiger partial charge is 0.194 e. The Kier molecular flexibility index (Phi) is 6.79. The van der Waals surface area contributed by atoms with E-state index in [1.165, 1.54) is 11.1 Å². The largest absolute Gasteiger partial charge is 0.386 e. The minimum absolute atomic E-state index is 0.0222. The van der Waals surface area contributed by atoms with Crippen LogP contribution in [-0.4, -0.2) is 53.7 Å². The van der Waals surface area contributed by atoms with Gasteiger partial charge in [0.05, 0.1) is 25.8 Å². The molecule has 0 aliphatic carbocycles. The van der Waals surface area contributed by atoms with Crippen molar-refractivity contribution in [3.63, 3.8) is 0 Å². The summed E-state index contributed by atoms with van der Waals surface area (Å²) < 4.78 is 6.02. The normalized spacial score (nSPS) is 19.0. The van der Waals surface area contributed by atoms with Gasteiger partial charge in [-0.25, -0.2) is 0 Å². The first-order valence-corrected chi connectivity index (χ1v) is 9.47. The zero-order valence-electron chi connectivity index (χ0n) is 16.0. The van der Waals surface area contributed by atoms with E-state index in [9.17, 15) is 5.11 Å². The molecule has 1 aromatic carbocycles. The lowest BCUT2D eigenvalue weighted by atomic mass is 10.0. The summed E-state index contributed by atoms with van der Waals surface area (Å²) in [6.45, 7) is 7.41. The molecule has 0 spiro atoms. The number of hydrogen-bond donors (Lipinski definition) is 2. The molecule has 0 amide bonds. The fourth-order valence-corrected chi connectivity index (χ4v) is 3.27. The second kappa shape index (κ2) is 9.48. The van der Waals surface area contributed by atoms with E-state index in [-0.39, 0.29) is 6.10 Å². The molecule has 1 aliphatic rings. The van der Waals surface area contributed by atoms with Gasteiger partial charge < -0.3 is 20.1 Å². The number of aliphatic imine (C=N–C) groups is 1. The van der Waals surface area contributed by atoms with E-state index in [0.717, 1.165) is 31.2 Å². The summed E-state index contributed by atoms with van der Waals surface area (Å²) in [5.41, 5.74) is 3.28. The van der Waals surface area contributed by atoms with Crippen molar-refractivity contribution in [3.05, 3.63) is 65.5 Å². The van der Waals surface area contributed by atoms with Crippen LogP contribution in [0.3, 0.4) is 0 Å². The minimum atomic E-state index is -0.644. The summed E-state index contributed by atoms with van der Waals surface area (Å²) in [5, 5.41) is 13.7. The lowest BCUT2D eigenvalue weighted by molar-refractivity contribution is -0.00839. The van der Waals surface area contributed by atoms with Crippen molar-refractivity contribution in [1.29, 1.82) is 0 Å². The molecule has 3 rings (SSSR count). The topological polar surface area (TPSA) is 70.0 Å². The van der Waals surface area contributed by atoms with Crippen LogP contribution in [0.4, 0.5) is 0 Å². The van der Waals surface area contributed by atoms with E-state index in [0.29, 0.717) is 13.2 Å². The average Bonchev–Trinajstić information content (AvgIpc) is 2.72. The van der Waals surface area contributed by atoms with Crippen molar-refractivity contribution >= 4 is 5.96 Å². The number of rotatable bonds is 5. The first-order valence-electron chi connectivity index (χ1n) is 9.47. The number of morpholine rings is 1. The predicted molar refractivity (Wildman–Crippen MR) is 107 cm³/mol. The third-order valence-electron chi connectivity index (χ3n) is 4.74. The third-order valence-corrected chi connectivity index (χ3v) is 4.74. The number of aliphatic hydroxyl groups excluding tert-OH is 1. The van der Waals surface area contributed by atoms with Gasteiger partial charge in [-0.1, -0.05) is 24.3 Å². The maximum atomic E-state index is 10.4. The number of hydrogen-bond acceptors (Lipinski definition) is 4. The Balaban J connectivity index is 1.71. The van der Waals surface area contributed by atoms with E-state index in [2.05, 4.69) is 45.3 Å². The molecule has 0 bridgehead atoms. The first kappa shape index (κ1) is 19.3. The molecule has 0 radical (unpaired) electrons. The van der Waals surface area contributed by atoms with Crippen molar-refractivity contribution in [2.24, 2.45) is 4.99 Å². The number of guanidine groups is 1. The van der Waals surface area contributed by atoms with Crippen molar-refractivity contribution in [1.82, 2.24) is 15.2 Å². The van der Waals surface area contributed by atoms with Gasteiger partial charge >= 0.3 is 0 Å². The van der Waals surface area contributed by atoms with Gasteiger partial charge in [0.15, 0.2) is 5.96 Å². The first-order chi connectivity index (χ1) is 13.2. The summed E-state index contributed by atoms with van der Waals surface area (Å²) in [4.78, 5) is 10.9. The molecule has 27 heavy (non-hydrogen) atoms. The van der Waals surface area contributed by atoms with E-state index >= 15 is 0 Å². The number of nitrogens with zero attached hydrogens (tertiary/aromatic N) is 3. The van der Waals surface area contributed by atoms with Crippen LogP contribution in [0.2, 0.25) is 0 Å². The second-order valence-corrected chi connectivity index (χ2v) is 6.65. The molecular formula is C21H28N4O2. The van der Waals surface area contributed by atoms with Gasteiger partial charge in [-0.3, -0.25) is 9.98 Å². The van der Waals surface area contributed by atoms with E-state index < -0.39 is 6.10 Å². The van der Waals surface area contributed by atoms with E-state index in [4.69, 9.17) is 4.74 Å². The van der Waals surface area contributed by atoms with Gasteiger partial charge in [0, 0.05) is 25.5 Å². The number of aromatic nitrogens is 1. The molecule has 1 saturated heterocycles. The van der Waals surface area contributed by atoms with Crippen LogP contribution in [0.5, 0.6) is 0 Å². The quantitative estimate of drug-likeness (QED) is 0.627. The lowest BCUT2D eigenvalue weighted by Crippen LogP contribution is -2.48. The summed E-state index contributed by atoms with van der Waals surface area (Å²) >= 11 is 0. The number of aliphatic hydroxyl groups is 1. The number of pyridine rings is 1. The fourth-order valence-electron chi connectivity index (χ4n) is 3.27. The third kappa shape index (κ3) is 5.05. The van der Waals surface area contributed by atoms with Crippen LogP contribution in [0.15, 0.2) is 53.8 Å². The van der Waals surface area contributed by atoms with Crippen molar-refractivity contribution in [2.45, 2.75) is 26.1 Å². The average molecular weight is 368 g/mol. The molecule has 1 aliphatic heterocycles. The molecule has 6 heteroatoms. The molecule has 0 saturated carbocycles. The molecule has 2 unspecified atom stereocenters. The molecule has 2 N–H and O–H groups in total. The van der Waals surface area contributed by atoms with Crippen LogP contribution in [0, 0.1) is 6.92 Å². The molecule has 1 aromatic heterocycles. The maximum Gasteiger partial charge on any atom is 0.194 e. The molecular weight excluding hydrogens is 340 g/mol. The zero-order chi connectivity index (χ0) is 19.1. The Morgan fingerprint density at radius 3 is 2.85 bits per heavy atom. The van der Waals surface area contributed by atoms with Gasteiger partial charge in [0.1, 0.15) is 6.10 Å². The van der Waals surface area contributed by atoms with Crippen molar-refractivity contribution < 1.29 is 9.84 Å². The Labute approximate surface area is 160 Å².